The Morgan fingerprint density at radius 1 is 1.16 bits per heavy atom. The first kappa shape index (κ1) is 16.9. The number of carbonyl (C=O) groups excluding carboxylic acids is 1. The molecule has 2 aromatic heterocycles. The zero-order chi connectivity index (χ0) is 17.6. The topological polar surface area (TPSA) is 64.0 Å². The highest BCUT2D eigenvalue weighted by Crippen LogP contribution is 2.18. The number of nitrogens with one attached hydrogen (secondary N) is 1. The lowest BCUT2D eigenvalue weighted by Crippen LogP contribution is -2.23. The number of nitrogens with zero attached hydrogens (tertiary/aromatic N) is 2. The van der Waals surface area contributed by atoms with E-state index in [1.54, 1.807) is 47.3 Å². The van der Waals surface area contributed by atoms with Crippen molar-refractivity contribution in [2.45, 2.75) is 13.1 Å². The van der Waals surface area contributed by atoms with Gasteiger partial charge in [0.2, 0.25) is 0 Å². The van der Waals surface area contributed by atoms with Crippen LogP contribution in [0, 0.1) is 0 Å². The Morgan fingerprint density at radius 2 is 2.04 bits per heavy atom. The van der Waals surface area contributed by atoms with E-state index >= 15 is 0 Å². The summed E-state index contributed by atoms with van der Waals surface area (Å²) in [6.07, 6.45) is 4.86. The average Bonchev–Trinajstić information content (AvgIpc) is 2.64. The third-order valence-corrected chi connectivity index (χ3v) is 4.09. The van der Waals surface area contributed by atoms with Gasteiger partial charge >= 0.3 is 0 Å². The van der Waals surface area contributed by atoms with Gasteiger partial charge in [-0.2, -0.15) is 0 Å². The van der Waals surface area contributed by atoms with Gasteiger partial charge in [0, 0.05) is 36.2 Å². The maximum atomic E-state index is 12.0. The monoisotopic (exact) mass is 353 g/mol. The van der Waals surface area contributed by atoms with Crippen LogP contribution in [0.25, 0.3) is 0 Å². The van der Waals surface area contributed by atoms with Crippen LogP contribution in [0.4, 0.5) is 0 Å². The van der Waals surface area contributed by atoms with Crippen LogP contribution < -0.4 is 10.9 Å². The van der Waals surface area contributed by atoms with Crippen molar-refractivity contribution in [3.05, 3.63) is 99.2 Å². The molecule has 3 aromatic rings. The second-order valence-electron chi connectivity index (χ2n) is 5.52. The summed E-state index contributed by atoms with van der Waals surface area (Å²) in [7, 11) is 0. The predicted molar refractivity (Wildman–Crippen MR) is 96.7 cm³/mol. The Kier molecular flexibility index (Phi) is 5.26. The van der Waals surface area contributed by atoms with Gasteiger partial charge in [-0.05, 0) is 35.4 Å². The Bertz CT molecular complexity index is 939. The van der Waals surface area contributed by atoms with E-state index in [4.69, 9.17) is 11.6 Å². The van der Waals surface area contributed by atoms with Crippen LogP contribution >= 0.6 is 11.6 Å². The highest BCUT2D eigenvalue weighted by atomic mass is 35.5. The third kappa shape index (κ3) is 4.33. The molecule has 1 amide bonds. The molecule has 0 fully saturated rings. The van der Waals surface area contributed by atoms with Crippen LogP contribution in [0.1, 0.15) is 21.5 Å². The van der Waals surface area contributed by atoms with Gasteiger partial charge in [-0.15, -0.1) is 0 Å². The molecule has 0 bridgehead atoms. The molecule has 25 heavy (non-hydrogen) atoms. The van der Waals surface area contributed by atoms with E-state index in [0.29, 0.717) is 23.7 Å². The third-order valence-electron chi connectivity index (χ3n) is 3.73. The first-order valence-electron chi connectivity index (χ1n) is 7.74. The SMILES string of the molecule is O=C(NCc1ccc(Cn2ccccc2=O)c(Cl)c1)c1cccnc1. The van der Waals surface area contributed by atoms with Crippen LogP contribution in [-0.4, -0.2) is 15.5 Å². The molecule has 5 nitrogen and oxygen atoms in total. The Balaban J connectivity index is 1.67. The molecule has 0 saturated carbocycles. The Morgan fingerprint density at radius 3 is 2.76 bits per heavy atom. The van der Waals surface area contributed by atoms with Gasteiger partial charge in [0.05, 0.1) is 12.1 Å². The summed E-state index contributed by atoms with van der Waals surface area (Å²) in [4.78, 5) is 27.7. The Labute approximate surface area is 149 Å². The van der Waals surface area contributed by atoms with Crippen LogP contribution in [0.15, 0.2) is 71.9 Å². The minimum absolute atomic E-state index is 0.0774. The molecule has 6 heteroatoms. The molecule has 1 N–H and O–H groups in total. The fourth-order valence-corrected chi connectivity index (χ4v) is 2.65. The number of hydrogen-bond acceptors (Lipinski definition) is 3. The minimum atomic E-state index is -0.191. The Hall–Kier alpha value is -2.92. The first-order valence-corrected chi connectivity index (χ1v) is 8.12. The molecule has 0 atom stereocenters. The van der Waals surface area contributed by atoms with Gasteiger partial charge in [-0.1, -0.05) is 29.8 Å². The summed E-state index contributed by atoms with van der Waals surface area (Å²) >= 11 is 6.33. The van der Waals surface area contributed by atoms with Crippen LogP contribution in [0.3, 0.4) is 0 Å². The van der Waals surface area contributed by atoms with E-state index in [-0.39, 0.29) is 11.5 Å². The predicted octanol–water partition coefficient (Wildman–Crippen LogP) is 2.88. The van der Waals surface area contributed by atoms with Crippen molar-refractivity contribution < 1.29 is 4.79 Å². The second kappa shape index (κ2) is 7.77. The molecule has 0 saturated heterocycles. The van der Waals surface area contributed by atoms with Crippen molar-refractivity contribution in [3.63, 3.8) is 0 Å². The molecular formula is C19H16ClN3O2. The molecule has 0 spiro atoms. The summed E-state index contributed by atoms with van der Waals surface area (Å²) in [5.41, 5.74) is 2.16. The van der Waals surface area contributed by atoms with Gasteiger partial charge in [0.25, 0.3) is 11.5 Å². The lowest BCUT2D eigenvalue weighted by molar-refractivity contribution is 0.0950. The summed E-state index contributed by atoms with van der Waals surface area (Å²) in [5.74, 6) is -0.191. The molecule has 3 rings (SSSR count). The van der Waals surface area contributed by atoms with Gasteiger partial charge in [0.1, 0.15) is 0 Å². The summed E-state index contributed by atoms with van der Waals surface area (Å²) in [6.45, 7) is 0.764. The first-order chi connectivity index (χ1) is 12.1. The molecule has 0 aliphatic rings. The van der Waals surface area contributed by atoms with E-state index in [1.165, 1.54) is 12.3 Å². The fourth-order valence-electron chi connectivity index (χ4n) is 2.39. The lowest BCUT2D eigenvalue weighted by atomic mass is 10.1. The molecular weight excluding hydrogens is 338 g/mol. The number of carbonyl (C=O) groups is 1. The van der Waals surface area contributed by atoms with E-state index in [9.17, 15) is 9.59 Å². The zero-order valence-corrected chi connectivity index (χ0v) is 14.1. The van der Waals surface area contributed by atoms with Crippen LogP contribution in [0.5, 0.6) is 0 Å². The maximum Gasteiger partial charge on any atom is 0.253 e. The number of benzene rings is 1. The quantitative estimate of drug-likeness (QED) is 0.767. The summed E-state index contributed by atoms with van der Waals surface area (Å²) in [6, 6.07) is 14.0. The number of aromatic nitrogens is 2. The molecule has 0 aliphatic carbocycles. The highest BCUT2D eigenvalue weighted by molar-refractivity contribution is 6.31. The molecule has 0 radical (unpaired) electrons. The van der Waals surface area contributed by atoms with Crippen LogP contribution in [0.2, 0.25) is 5.02 Å². The number of halogens is 1. The number of amides is 1. The molecule has 0 unspecified atom stereocenters. The molecule has 1 aromatic carbocycles. The number of hydrogen-bond donors (Lipinski definition) is 1. The van der Waals surface area contributed by atoms with Gasteiger partial charge in [-0.3, -0.25) is 14.6 Å². The van der Waals surface area contributed by atoms with E-state index in [0.717, 1.165) is 11.1 Å². The van der Waals surface area contributed by atoms with Crippen molar-refractivity contribution in [2.75, 3.05) is 0 Å². The van der Waals surface area contributed by atoms with E-state index in [2.05, 4.69) is 10.3 Å². The number of rotatable bonds is 5. The summed E-state index contributed by atoms with van der Waals surface area (Å²) in [5, 5.41) is 3.39. The molecule has 2 heterocycles. The maximum absolute atomic E-state index is 12.0. The standard InChI is InChI=1S/C19H16ClN3O2/c20-17-10-14(11-22-19(25)15-4-3-8-21-12-15)6-7-16(17)13-23-9-2-1-5-18(23)24/h1-10,12H,11,13H2,(H,22,25). The minimum Gasteiger partial charge on any atom is -0.348 e. The normalized spacial score (nSPS) is 10.4. The van der Waals surface area contributed by atoms with Gasteiger partial charge < -0.3 is 9.88 Å². The van der Waals surface area contributed by atoms with E-state index in [1.807, 2.05) is 12.1 Å². The van der Waals surface area contributed by atoms with E-state index < -0.39 is 0 Å². The number of pyridine rings is 2. The summed E-state index contributed by atoms with van der Waals surface area (Å²) < 4.78 is 1.59. The lowest BCUT2D eigenvalue weighted by Gasteiger charge is -2.10. The molecule has 0 aliphatic heterocycles. The van der Waals surface area contributed by atoms with Crippen molar-refractivity contribution in [1.82, 2.24) is 14.9 Å². The average molecular weight is 354 g/mol. The van der Waals surface area contributed by atoms with Crippen molar-refractivity contribution >= 4 is 17.5 Å². The smallest absolute Gasteiger partial charge is 0.253 e. The van der Waals surface area contributed by atoms with Crippen molar-refractivity contribution in [3.8, 4) is 0 Å². The zero-order valence-electron chi connectivity index (χ0n) is 13.4. The second-order valence-corrected chi connectivity index (χ2v) is 5.92. The van der Waals surface area contributed by atoms with Gasteiger partial charge in [0.15, 0.2) is 0 Å². The van der Waals surface area contributed by atoms with Crippen molar-refractivity contribution in [2.24, 2.45) is 0 Å². The van der Waals surface area contributed by atoms with Gasteiger partial charge in [-0.25, -0.2) is 0 Å². The largest absolute Gasteiger partial charge is 0.348 e. The highest BCUT2D eigenvalue weighted by Gasteiger charge is 2.07. The molecule has 126 valence electrons. The van der Waals surface area contributed by atoms with Crippen LogP contribution in [-0.2, 0) is 13.1 Å². The van der Waals surface area contributed by atoms with Crippen molar-refractivity contribution in [1.29, 1.82) is 0 Å². The fraction of sp³-hybridized carbons (Fsp3) is 0.105.